The highest BCUT2D eigenvalue weighted by Crippen LogP contribution is 2.30. The highest BCUT2D eigenvalue weighted by molar-refractivity contribution is 7.89. The second kappa shape index (κ2) is 6.68. The Hall–Kier alpha value is -2.77. The van der Waals surface area contributed by atoms with E-state index in [1.807, 2.05) is 59.1 Å². The monoisotopic (exact) mass is 392 g/mol. The highest BCUT2D eigenvalue weighted by atomic mass is 32.2. The summed E-state index contributed by atoms with van der Waals surface area (Å²) in [5.41, 5.74) is 0.784. The van der Waals surface area contributed by atoms with Gasteiger partial charge in [0.05, 0.1) is 4.90 Å². The van der Waals surface area contributed by atoms with Crippen LogP contribution in [0.2, 0.25) is 0 Å². The Kier molecular flexibility index (Phi) is 4.14. The second-order valence-corrected chi connectivity index (χ2v) is 9.14. The van der Waals surface area contributed by atoms with Crippen LogP contribution >= 0.6 is 0 Å². The van der Waals surface area contributed by atoms with E-state index in [9.17, 15) is 8.42 Å². The average molecular weight is 392 g/mol. The lowest BCUT2D eigenvalue weighted by atomic mass is 9.99. The van der Waals surface area contributed by atoms with Gasteiger partial charge in [-0.15, -0.1) is 10.2 Å². The Labute approximate surface area is 163 Å². The number of sulfonamides is 1. The summed E-state index contributed by atoms with van der Waals surface area (Å²) in [6, 6.07) is 18.9. The van der Waals surface area contributed by atoms with Crippen molar-refractivity contribution in [3.8, 4) is 0 Å². The Morgan fingerprint density at radius 1 is 0.929 bits per heavy atom. The number of aromatic nitrogens is 3. The Balaban J connectivity index is 1.48. The van der Waals surface area contributed by atoms with E-state index < -0.39 is 10.0 Å². The van der Waals surface area contributed by atoms with Crippen molar-refractivity contribution in [2.45, 2.75) is 23.7 Å². The maximum absolute atomic E-state index is 13.3. The molecule has 5 rings (SSSR count). The van der Waals surface area contributed by atoms with Crippen LogP contribution in [-0.2, 0) is 10.0 Å². The molecule has 3 heterocycles. The molecule has 0 bridgehead atoms. The van der Waals surface area contributed by atoms with Crippen molar-refractivity contribution in [3.05, 3.63) is 72.7 Å². The molecule has 2 aromatic carbocycles. The summed E-state index contributed by atoms with van der Waals surface area (Å²) < 4.78 is 30.1. The van der Waals surface area contributed by atoms with E-state index in [-0.39, 0.29) is 5.92 Å². The standard InChI is InChI=1S/C21H20N4O2S/c26-28(27,19-11-10-16-6-1-2-7-17(16)14-19)24-12-5-8-18(15-24)21-23-22-20-9-3-4-13-25(20)21/h1-4,6-7,9-11,13-14,18H,5,8,12,15H2/t18-/m0/s1. The largest absolute Gasteiger partial charge is 0.286 e. The molecular weight excluding hydrogens is 372 g/mol. The van der Waals surface area contributed by atoms with E-state index in [0.29, 0.717) is 18.0 Å². The van der Waals surface area contributed by atoms with Gasteiger partial charge >= 0.3 is 0 Å². The number of piperidine rings is 1. The summed E-state index contributed by atoms with van der Waals surface area (Å²) in [5.74, 6) is 0.857. The summed E-state index contributed by atoms with van der Waals surface area (Å²) in [7, 11) is -3.55. The third-order valence-electron chi connectivity index (χ3n) is 5.45. The van der Waals surface area contributed by atoms with Gasteiger partial charge in [0.25, 0.3) is 0 Å². The molecule has 0 spiro atoms. The first kappa shape index (κ1) is 17.3. The molecule has 6 nitrogen and oxygen atoms in total. The molecule has 1 fully saturated rings. The summed E-state index contributed by atoms with van der Waals surface area (Å²) in [4.78, 5) is 0.345. The molecule has 1 aliphatic rings. The van der Waals surface area contributed by atoms with Crippen LogP contribution in [0, 0.1) is 0 Å². The van der Waals surface area contributed by atoms with E-state index in [1.54, 1.807) is 16.4 Å². The molecule has 1 saturated heterocycles. The van der Waals surface area contributed by atoms with Crippen molar-refractivity contribution in [1.29, 1.82) is 0 Å². The Bertz CT molecular complexity index is 1270. The first-order chi connectivity index (χ1) is 13.6. The molecule has 0 amide bonds. The van der Waals surface area contributed by atoms with Crippen LogP contribution in [0.1, 0.15) is 24.6 Å². The zero-order chi connectivity index (χ0) is 19.1. The topological polar surface area (TPSA) is 67.6 Å². The minimum absolute atomic E-state index is 0.0291. The third kappa shape index (κ3) is 2.87. The molecule has 1 atom stereocenters. The van der Waals surface area contributed by atoms with Gasteiger partial charge in [0.1, 0.15) is 5.82 Å². The minimum Gasteiger partial charge on any atom is -0.286 e. The Morgan fingerprint density at radius 3 is 2.64 bits per heavy atom. The normalized spacial score (nSPS) is 18.6. The molecule has 4 aromatic rings. The van der Waals surface area contributed by atoms with E-state index in [1.165, 1.54) is 0 Å². The van der Waals surface area contributed by atoms with Crippen molar-refractivity contribution in [1.82, 2.24) is 18.9 Å². The van der Waals surface area contributed by atoms with Gasteiger partial charge in [-0.3, -0.25) is 4.40 Å². The van der Waals surface area contributed by atoms with Gasteiger partial charge < -0.3 is 0 Å². The number of fused-ring (bicyclic) bond motifs is 2. The van der Waals surface area contributed by atoms with Crippen LogP contribution in [0.5, 0.6) is 0 Å². The number of benzene rings is 2. The second-order valence-electron chi connectivity index (χ2n) is 7.20. The smallest absolute Gasteiger partial charge is 0.243 e. The Morgan fingerprint density at radius 2 is 1.75 bits per heavy atom. The maximum Gasteiger partial charge on any atom is 0.243 e. The molecule has 0 unspecified atom stereocenters. The quantitative estimate of drug-likeness (QED) is 0.536. The predicted molar refractivity (Wildman–Crippen MR) is 108 cm³/mol. The lowest BCUT2D eigenvalue weighted by Crippen LogP contribution is -2.39. The van der Waals surface area contributed by atoms with Gasteiger partial charge in [-0.25, -0.2) is 8.42 Å². The number of rotatable bonds is 3. The van der Waals surface area contributed by atoms with Crippen molar-refractivity contribution < 1.29 is 8.42 Å². The fraction of sp³-hybridized carbons (Fsp3) is 0.238. The van der Waals surface area contributed by atoms with Crippen LogP contribution in [0.15, 0.2) is 71.8 Å². The van der Waals surface area contributed by atoms with Crippen LogP contribution in [0.25, 0.3) is 16.4 Å². The van der Waals surface area contributed by atoms with Gasteiger partial charge in [-0.2, -0.15) is 4.31 Å². The van der Waals surface area contributed by atoms with Gasteiger partial charge in [0.15, 0.2) is 5.65 Å². The maximum atomic E-state index is 13.3. The highest BCUT2D eigenvalue weighted by Gasteiger charge is 2.32. The molecule has 0 N–H and O–H groups in total. The van der Waals surface area contributed by atoms with Crippen LogP contribution in [0.3, 0.4) is 0 Å². The molecule has 28 heavy (non-hydrogen) atoms. The van der Waals surface area contributed by atoms with Gasteiger partial charge in [-0.1, -0.05) is 36.4 Å². The van der Waals surface area contributed by atoms with E-state index in [0.717, 1.165) is 35.1 Å². The van der Waals surface area contributed by atoms with Crippen LogP contribution < -0.4 is 0 Å². The first-order valence-corrected chi connectivity index (χ1v) is 10.9. The van der Waals surface area contributed by atoms with Gasteiger partial charge in [0, 0.05) is 25.2 Å². The summed E-state index contributed by atoms with van der Waals surface area (Å²) in [5, 5.41) is 10.5. The lowest BCUT2D eigenvalue weighted by molar-refractivity contribution is 0.308. The van der Waals surface area contributed by atoms with Gasteiger partial charge in [-0.05, 0) is 47.9 Å². The summed E-state index contributed by atoms with van der Waals surface area (Å²) >= 11 is 0. The van der Waals surface area contributed by atoms with E-state index >= 15 is 0 Å². The average Bonchev–Trinajstić information content (AvgIpc) is 3.18. The fourth-order valence-electron chi connectivity index (χ4n) is 3.99. The molecule has 2 aromatic heterocycles. The lowest BCUT2D eigenvalue weighted by Gasteiger charge is -2.31. The van der Waals surface area contributed by atoms with E-state index in [4.69, 9.17) is 0 Å². The molecule has 7 heteroatoms. The zero-order valence-corrected chi connectivity index (χ0v) is 16.1. The third-order valence-corrected chi connectivity index (χ3v) is 7.31. The molecule has 142 valence electrons. The number of hydrogen-bond acceptors (Lipinski definition) is 4. The fourth-order valence-corrected chi connectivity index (χ4v) is 5.55. The van der Waals surface area contributed by atoms with Crippen molar-refractivity contribution in [3.63, 3.8) is 0 Å². The number of pyridine rings is 1. The molecule has 0 saturated carbocycles. The number of hydrogen-bond donors (Lipinski definition) is 0. The summed E-state index contributed by atoms with van der Waals surface area (Å²) in [6.45, 7) is 0.952. The minimum atomic E-state index is -3.55. The van der Waals surface area contributed by atoms with Crippen LogP contribution in [0.4, 0.5) is 0 Å². The van der Waals surface area contributed by atoms with E-state index in [2.05, 4.69) is 10.2 Å². The molecule has 1 aliphatic heterocycles. The van der Waals surface area contributed by atoms with Gasteiger partial charge in [0.2, 0.25) is 10.0 Å². The van der Waals surface area contributed by atoms with Crippen molar-refractivity contribution >= 4 is 26.4 Å². The molecular formula is C21H20N4O2S. The van der Waals surface area contributed by atoms with Crippen molar-refractivity contribution in [2.24, 2.45) is 0 Å². The SMILES string of the molecule is O=S(=O)(c1ccc2ccccc2c1)N1CCC[C@H](c2nnc3ccccn23)C1. The predicted octanol–water partition coefficient (Wildman–Crippen LogP) is 3.45. The van der Waals surface area contributed by atoms with Crippen LogP contribution in [-0.4, -0.2) is 40.4 Å². The first-order valence-electron chi connectivity index (χ1n) is 9.41. The number of nitrogens with zero attached hydrogens (tertiary/aromatic N) is 4. The molecule has 0 radical (unpaired) electrons. The molecule has 0 aliphatic carbocycles. The zero-order valence-electron chi connectivity index (χ0n) is 15.3. The van der Waals surface area contributed by atoms with Crippen molar-refractivity contribution in [2.75, 3.05) is 13.1 Å². The summed E-state index contributed by atoms with van der Waals surface area (Å²) in [6.07, 6.45) is 3.64.